The van der Waals surface area contributed by atoms with Crippen LogP contribution in [0.2, 0.25) is 0 Å². The molecule has 13 rings (SSSR count). The Morgan fingerprint density at radius 2 is 1.66 bits per heavy atom. The number of esters is 2. The van der Waals surface area contributed by atoms with Gasteiger partial charge in [0.15, 0.2) is 17.8 Å². The van der Waals surface area contributed by atoms with Crippen molar-refractivity contribution in [3.8, 4) is 5.75 Å². The molecule has 4 heterocycles. The van der Waals surface area contributed by atoms with Crippen LogP contribution in [0.25, 0.3) is 17.0 Å². The number of ether oxygens (including phenoxy) is 4. The summed E-state index contributed by atoms with van der Waals surface area (Å²) in [5.41, 5.74) is 6.78. The van der Waals surface area contributed by atoms with Crippen LogP contribution in [0, 0.1) is 23.7 Å². The highest BCUT2D eigenvalue weighted by atomic mass is 16.6. The topological polar surface area (TPSA) is 182 Å². The maximum absolute atomic E-state index is 15.7. The van der Waals surface area contributed by atoms with Crippen LogP contribution >= 0.6 is 0 Å². The number of aliphatic hydroxyl groups excluding tert-OH is 4. The number of rotatable bonds is 10. The highest BCUT2D eigenvalue weighted by Crippen LogP contribution is 2.58. The molecule has 0 radical (unpaired) electrons. The highest BCUT2D eigenvalue weighted by Gasteiger charge is 2.61. The maximum Gasteiger partial charge on any atom is 0.340 e. The second kappa shape index (κ2) is 23.0. The summed E-state index contributed by atoms with van der Waals surface area (Å²) in [5.74, 6) is -1.15. The molecular weight excluding hydrogens is 1010 g/mol. The van der Waals surface area contributed by atoms with Gasteiger partial charge in [-0.05, 0) is 157 Å². The first-order valence-electron chi connectivity index (χ1n) is 29.6. The Balaban J connectivity index is 0.987. The summed E-state index contributed by atoms with van der Waals surface area (Å²) in [6, 6.07) is 30.4. The van der Waals surface area contributed by atoms with E-state index in [1.54, 1.807) is 19.1 Å². The first kappa shape index (κ1) is 54.4. The van der Waals surface area contributed by atoms with E-state index in [0.29, 0.717) is 41.0 Å². The molecule has 5 aromatic rings. The number of allylic oxidation sites excluding steroid dienone is 2. The third kappa shape index (κ3) is 9.70. The van der Waals surface area contributed by atoms with Crippen molar-refractivity contribution in [3.63, 3.8) is 0 Å². The Labute approximate surface area is 468 Å². The van der Waals surface area contributed by atoms with Gasteiger partial charge in [-0.2, -0.15) is 0 Å². The quantitative estimate of drug-likeness (QED) is 0.0342. The lowest BCUT2D eigenvalue weighted by Gasteiger charge is -2.54. The minimum Gasteiger partial charge on any atom is -0.482 e. The van der Waals surface area contributed by atoms with Gasteiger partial charge in [-0.3, -0.25) is 4.79 Å². The summed E-state index contributed by atoms with van der Waals surface area (Å²) in [6.07, 6.45) is 18.6. The predicted octanol–water partition coefficient (Wildman–Crippen LogP) is 11.6. The lowest BCUT2D eigenvalue weighted by Crippen LogP contribution is -2.62. The van der Waals surface area contributed by atoms with Crippen LogP contribution in [0.4, 0.5) is 0 Å². The minimum absolute atomic E-state index is 0.0221. The Morgan fingerprint density at radius 1 is 0.825 bits per heavy atom. The molecule has 1 spiro atoms. The summed E-state index contributed by atoms with van der Waals surface area (Å²) in [6.45, 7) is -0.265. The Hall–Kier alpha value is -6.15. The van der Waals surface area contributed by atoms with Crippen molar-refractivity contribution < 1.29 is 53.4 Å². The van der Waals surface area contributed by atoms with Gasteiger partial charge in [0.25, 0.3) is 0 Å². The van der Waals surface area contributed by atoms with Gasteiger partial charge >= 0.3 is 17.6 Å². The fraction of sp³-hybridized carbons (Fsp3) is 0.485. The molecule has 3 saturated carbocycles. The molecule has 5 aliphatic carbocycles. The molecule has 12 nitrogen and oxygen atoms in total. The summed E-state index contributed by atoms with van der Waals surface area (Å²) in [4.78, 5) is 45.5. The molecule has 0 saturated heterocycles. The molecule has 0 unspecified atom stereocenters. The predicted molar refractivity (Wildman–Crippen MR) is 304 cm³/mol. The van der Waals surface area contributed by atoms with Crippen LogP contribution in [0.1, 0.15) is 177 Å². The van der Waals surface area contributed by atoms with Crippen molar-refractivity contribution in [2.45, 2.75) is 157 Å². The minimum atomic E-state index is -1.34. The van der Waals surface area contributed by atoms with E-state index in [9.17, 15) is 25.2 Å². The van der Waals surface area contributed by atoms with Gasteiger partial charge in [-0.25, -0.2) is 9.59 Å². The number of hydrogen-bond acceptors (Lipinski definition) is 12. The van der Waals surface area contributed by atoms with E-state index in [1.807, 2.05) is 0 Å². The van der Waals surface area contributed by atoms with Crippen molar-refractivity contribution in [2.24, 2.45) is 23.7 Å². The van der Waals surface area contributed by atoms with Crippen molar-refractivity contribution >= 4 is 29.0 Å². The number of hydrogen-bond donors (Lipinski definition) is 4. The summed E-state index contributed by atoms with van der Waals surface area (Å²) in [5, 5.41) is 41.9. The van der Waals surface area contributed by atoms with Gasteiger partial charge in [0.1, 0.15) is 18.1 Å². The molecular formula is C68H76O12. The first-order chi connectivity index (χ1) is 39.1. The van der Waals surface area contributed by atoms with Gasteiger partial charge in [0.2, 0.25) is 0 Å². The molecule has 3 aliphatic heterocycles. The lowest BCUT2D eigenvalue weighted by atomic mass is 9.56. The van der Waals surface area contributed by atoms with Gasteiger partial charge in [0.05, 0.1) is 25.4 Å². The monoisotopic (exact) mass is 1080 g/mol. The van der Waals surface area contributed by atoms with Crippen molar-refractivity contribution in [1.82, 2.24) is 0 Å². The number of carbonyl (C=O) groups is 2. The molecule has 80 heavy (non-hydrogen) atoms. The molecule has 4 N–H and O–H groups in total. The zero-order valence-corrected chi connectivity index (χ0v) is 46.0. The zero-order chi connectivity index (χ0) is 55.1. The van der Waals surface area contributed by atoms with Crippen molar-refractivity contribution in [2.75, 3.05) is 26.6 Å². The van der Waals surface area contributed by atoms with Crippen LogP contribution in [-0.2, 0) is 42.2 Å². The highest BCUT2D eigenvalue weighted by molar-refractivity contribution is 5.90. The molecule has 4 aromatic carbocycles. The molecule has 12 heteroatoms. The van der Waals surface area contributed by atoms with Crippen LogP contribution < -0.4 is 10.4 Å². The largest absolute Gasteiger partial charge is 0.482 e. The van der Waals surface area contributed by atoms with E-state index in [-0.39, 0.29) is 96.4 Å². The van der Waals surface area contributed by atoms with E-state index >= 15 is 9.59 Å². The van der Waals surface area contributed by atoms with Crippen LogP contribution in [-0.4, -0.2) is 70.7 Å². The van der Waals surface area contributed by atoms with Gasteiger partial charge in [0, 0.05) is 53.2 Å². The standard InChI is InChI=1S/C68H76O12/c1-41(37-70)52-26-20-42-18-21-43(22-19-42)53-27-24-47(46-12-8-15-51(35-46)67-31-7-6-14-50(67)25-23-45-11-2-4-16-56(45)67)34-49(53)36-59(73)77-63-61-58(80-68(64(63)79-65(52)74)32-9-13-44-10-3-5-17-57(44)68)29-28-54-55(38-71)60(66(75)78-62(54)61)48(30-33-69)39-76-40-72/h2,4,8-9,11-13,15-16,18-19,21-23,25,28-29,35,44,47-50,53,57,63-64,69-72H,3,5-7,10,14,17,20,24,26-27,30-34,36-40H2,1H3/b52-41-/t44-,47-,48+,49-,50+,53-,57+,63+,64-,67-,68-/m0/s1. The number of aryl methyl sites for hydroxylation is 1. The molecule has 8 aliphatic rings. The number of benzene rings is 4. The Kier molecular flexibility index (Phi) is 15.7. The lowest BCUT2D eigenvalue weighted by molar-refractivity contribution is -0.208. The van der Waals surface area contributed by atoms with Crippen LogP contribution in [0.15, 0.2) is 124 Å². The van der Waals surface area contributed by atoms with Gasteiger partial charge in [-0.1, -0.05) is 123 Å². The number of aliphatic hydroxyl groups is 4. The fourth-order valence-electron chi connectivity index (χ4n) is 16.2. The third-order valence-corrected chi connectivity index (χ3v) is 20.0. The second-order valence-electron chi connectivity index (χ2n) is 24.1. The smallest absolute Gasteiger partial charge is 0.340 e. The maximum atomic E-state index is 15.7. The van der Waals surface area contributed by atoms with Crippen LogP contribution in [0.5, 0.6) is 5.75 Å². The van der Waals surface area contributed by atoms with E-state index in [1.165, 1.54) is 35.1 Å². The van der Waals surface area contributed by atoms with Crippen LogP contribution in [0.3, 0.4) is 0 Å². The number of carbonyl (C=O) groups excluding carboxylic acids is 2. The molecule has 1 aromatic heterocycles. The van der Waals surface area contributed by atoms with Gasteiger partial charge < -0.3 is 43.8 Å². The summed E-state index contributed by atoms with van der Waals surface area (Å²) < 4.78 is 33.1. The molecule has 0 amide bonds. The average Bonchev–Trinajstić information content (AvgIpc) is 3.45. The van der Waals surface area contributed by atoms with Crippen molar-refractivity contribution in [3.05, 3.63) is 175 Å². The first-order valence-corrected chi connectivity index (χ1v) is 29.6. The zero-order valence-electron chi connectivity index (χ0n) is 46.0. The molecule has 420 valence electrons. The SMILES string of the molecule is C/C(CO)=C1\CCc2ccc(cc2)[C@@H]2CC[C@H](c3cccc([C@]45CCCC[C@@H]4C=Cc4ccccc45)c3)C[C@H]2CC(=O)O[C@@H]2c3c(ccc4c(CO)c([C@H](CCO)COCO)c(=O)oc34)O[C@]3(CC=C[C@@H]4CCCC[C@H]43)[C@H]2OC1=O. The Morgan fingerprint density at radius 3 is 2.49 bits per heavy atom. The molecule has 3 fully saturated rings. The third-order valence-electron chi connectivity index (χ3n) is 20.0. The average molecular weight is 1090 g/mol. The van der Waals surface area contributed by atoms with E-state index in [2.05, 4.69) is 97.1 Å². The number of fused-ring (bicyclic) bond motifs is 16. The molecule has 2 bridgehead atoms. The van der Waals surface area contributed by atoms with E-state index < -0.39 is 54.7 Å². The second-order valence-corrected chi connectivity index (χ2v) is 24.1. The Bertz CT molecular complexity index is 3280. The van der Waals surface area contributed by atoms with Gasteiger partial charge in [-0.15, -0.1) is 0 Å². The summed E-state index contributed by atoms with van der Waals surface area (Å²) >= 11 is 0. The van der Waals surface area contributed by atoms with E-state index in [0.717, 1.165) is 68.9 Å². The molecule has 11 atom stereocenters. The summed E-state index contributed by atoms with van der Waals surface area (Å²) in [7, 11) is 0. The van der Waals surface area contributed by atoms with E-state index in [4.69, 9.17) is 23.4 Å². The normalized spacial score (nSPS) is 30.2. The van der Waals surface area contributed by atoms with Crippen molar-refractivity contribution in [1.29, 1.82) is 0 Å². The fourth-order valence-corrected chi connectivity index (χ4v) is 16.2.